The van der Waals surface area contributed by atoms with Gasteiger partial charge in [0.25, 0.3) is 0 Å². The first-order valence-corrected chi connectivity index (χ1v) is 18.7. The van der Waals surface area contributed by atoms with E-state index in [-0.39, 0.29) is 28.9 Å². The van der Waals surface area contributed by atoms with Crippen molar-refractivity contribution < 1.29 is 31.5 Å². The van der Waals surface area contributed by atoms with Gasteiger partial charge in [0.2, 0.25) is 15.9 Å². The lowest BCUT2D eigenvalue weighted by atomic mass is 9.43. The molecule has 2 N–H and O–H groups in total. The lowest BCUT2D eigenvalue weighted by molar-refractivity contribution is -0.155. The Bertz CT molecular complexity index is 1530. The maximum atomic E-state index is 13.2. The highest BCUT2D eigenvalue weighted by molar-refractivity contribution is 7.89. The van der Waals surface area contributed by atoms with E-state index in [1.807, 2.05) is 6.07 Å². The maximum absolute atomic E-state index is 13.2. The van der Waals surface area contributed by atoms with Crippen LogP contribution in [0.2, 0.25) is 0 Å². The molecule has 0 heterocycles. The number of benzene rings is 2. The summed E-state index contributed by atoms with van der Waals surface area (Å²) in [5, 5.41) is 11.7. The summed E-state index contributed by atoms with van der Waals surface area (Å²) in [5.74, 6) is 1.76. The van der Waals surface area contributed by atoms with Crippen molar-refractivity contribution in [3.8, 4) is 0 Å². The van der Waals surface area contributed by atoms with E-state index in [1.165, 1.54) is 12.1 Å². The van der Waals surface area contributed by atoms with E-state index >= 15 is 0 Å². The second-order valence-electron chi connectivity index (χ2n) is 15.6. The van der Waals surface area contributed by atoms with Gasteiger partial charge in [-0.25, -0.2) is 8.42 Å². The molecule has 0 radical (unpaired) electrons. The molecule has 4 aliphatic rings. The van der Waals surface area contributed by atoms with Gasteiger partial charge in [0.05, 0.1) is 16.9 Å². The van der Waals surface area contributed by atoms with E-state index in [9.17, 15) is 31.5 Å². The van der Waals surface area contributed by atoms with Crippen LogP contribution in [0.1, 0.15) is 102 Å². The van der Waals surface area contributed by atoms with Crippen LogP contribution in [0.4, 0.5) is 13.2 Å². The van der Waals surface area contributed by atoms with E-state index in [1.54, 1.807) is 24.3 Å². The van der Waals surface area contributed by atoms with Crippen LogP contribution >= 0.6 is 0 Å². The molecule has 9 atom stereocenters. The van der Waals surface area contributed by atoms with Gasteiger partial charge in [0.1, 0.15) is 0 Å². The number of hydrogen-bond acceptors (Lipinski definition) is 4. The monoisotopic (exact) mass is 659 g/mol. The Labute approximate surface area is 271 Å². The van der Waals surface area contributed by atoms with Gasteiger partial charge in [-0.3, -0.25) is 9.52 Å². The highest BCUT2D eigenvalue weighted by Gasteiger charge is 2.61. The average molecular weight is 660 g/mol. The molecule has 6 rings (SSSR count). The summed E-state index contributed by atoms with van der Waals surface area (Å²) in [7, 11) is -3.77. The average Bonchev–Trinajstić information content (AvgIpc) is 3.34. The van der Waals surface area contributed by atoms with Crippen LogP contribution in [-0.2, 0) is 32.3 Å². The Morgan fingerprint density at radius 3 is 2.26 bits per heavy atom. The molecule has 5 nitrogen and oxygen atoms in total. The second kappa shape index (κ2) is 11.9. The standard InChI is InChI=1S/C37H48F3NO4S/c1-24(21-33(42)41-46(44,45)23-25-7-5-4-6-8-25)30-15-16-31-29-14-13-28-22-36(43,26-9-11-27(12-10-26)37(38,39)40)20-19-34(28,2)32(29)17-18-35(30,31)3/h4-12,24,28-32,43H,13-23H2,1-3H3,(H,41,42)/t24-,28-,29+,30-,31+,32+,34+,35-,36+/m1/s1. The molecule has 2 aromatic carbocycles. The Hall–Kier alpha value is -2.39. The number of hydrogen-bond donors (Lipinski definition) is 2. The first-order valence-electron chi connectivity index (χ1n) is 17.0. The number of halogens is 3. The fraction of sp³-hybridized carbons (Fsp3) is 0.649. The van der Waals surface area contributed by atoms with E-state index in [0.717, 1.165) is 57.1 Å². The predicted molar refractivity (Wildman–Crippen MR) is 172 cm³/mol. The van der Waals surface area contributed by atoms with Gasteiger partial charge in [0.15, 0.2) is 0 Å². The summed E-state index contributed by atoms with van der Waals surface area (Å²) >= 11 is 0. The molecule has 0 saturated heterocycles. The molecule has 0 unspecified atom stereocenters. The third-order valence-electron chi connectivity index (χ3n) is 13.2. The minimum atomic E-state index is -4.40. The first-order chi connectivity index (χ1) is 21.5. The molecule has 4 fully saturated rings. The highest BCUT2D eigenvalue weighted by atomic mass is 32.2. The van der Waals surface area contributed by atoms with Crippen molar-refractivity contribution in [1.29, 1.82) is 0 Å². The number of fused-ring (bicyclic) bond motifs is 5. The predicted octanol–water partition coefficient (Wildman–Crippen LogP) is 8.22. The minimum Gasteiger partial charge on any atom is -0.385 e. The van der Waals surface area contributed by atoms with Crippen LogP contribution < -0.4 is 4.72 Å². The molecule has 0 bridgehead atoms. The molecule has 0 aliphatic heterocycles. The lowest BCUT2D eigenvalue weighted by Gasteiger charge is -2.62. The van der Waals surface area contributed by atoms with Crippen LogP contribution in [0, 0.1) is 46.3 Å². The van der Waals surface area contributed by atoms with E-state index < -0.39 is 33.3 Å². The molecular formula is C37H48F3NO4S. The molecule has 1 amide bonds. The van der Waals surface area contributed by atoms with Gasteiger partial charge in [-0.2, -0.15) is 13.2 Å². The van der Waals surface area contributed by atoms with Crippen molar-refractivity contribution in [1.82, 2.24) is 4.72 Å². The molecule has 4 aliphatic carbocycles. The van der Waals surface area contributed by atoms with E-state index in [4.69, 9.17) is 0 Å². The molecule has 0 aromatic heterocycles. The smallest absolute Gasteiger partial charge is 0.385 e. The first kappa shape index (κ1) is 33.5. The molecule has 9 heteroatoms. The topological polar surface area (TPSA) is 83.5 Å². The lowest BCUT2D eigenvalue weighted by Crippen LogP contribution is -2.55. The number of nitrogens with one attached hydrogen (secondary N) is 1. The number of alkyl halides is 3. The second-order valence-corrected chi connectivity index (χ2v) is 17.4. The van der Waals surface area contributed by atoms with Crippen molar-refractivity contribution in [2.75, 3.05) is 0 Å². The van der Waals surface area contributed by atoms with E-state index in [2.05, 4.69) is 25.5 Å². The molecule has 0 spiro atoms. The zero-order valence-electron chi connectivity index (χ0n) is 27.2. The molecule has 2 aromatic rings. The summed E-state index contributed by atoms with van der Waals surface area (Å²) in [6, 6.07) is 14.0. The Balaban J connectivity index is 1.10. The van der Waals surface area contributed by atoms with Crippen LogP contribution in [0.15, 0.2) is 54.6 Å². The summed E-state index contributed by atoms with van der Waals surface area (Å²) < 4.78 is 67.2. The van der Waals surface area contributed by atoms with Gasteiger partial charge in [0, 0.05) is 6.42 Å². The Kier molecular flexibility index (Phi) is 8.70. The van der Waals surface area contributed by atoms with Crippen LogP contribution in [0.25, 0.3) is 0 Å². The number of aliphatic hydroxyl groups is 1. The SMILES string of the molecule is C[C@H](CC(=O)NS(=O)(=O)Cc1ccccc1)[C@H]1CC[C@H]2[C@@H]3CC[C@@H]4C[C@](O)(c5ccc(C(F)(F)F)cc5)CC[C@]4(C)[C@H]3CC[C@]12C. The quantitative estimate of drug-likeness (QED) is 0.314. The van der Waals surface area contributed by atoms with Crippen molar-refractivity contribution in [3.63, 3.8) is 0 Å². The number of carbonyl (C=O) groups is 1. The van der Waals surface area contributed by atoms with Crippen molar-refractivity contribution in [3.05, 3.63) is 71.3 Å². The fourth-order valence-corrected chi connectivity index (χ4v) is 12.1. The number of amides is 1. The molecule has 4 saturated carbocycles. The third-order valence-corrected chi connectivity index (χ3v) is 14.5. The minimum absolute atomic E-state index is 0.0684. The fourth-order valence-electron chi connectivity index (χ4n) is 10.9. The van der Waals surface area contributed by atoms with E-state index in [0.29, 0.717) is 53.6 Å². The van der Waals surface area contributed by atoms with Crippen LogP contribution in [0.5, 0.6) is 0 Å². The zero-order valence-corrected chi connectivity index (χ0v) is 28.0. The third kappa shape index (κ3) is 6.15. The maximum Gasteiger partial charge on any atom is 0.416 e. The molecular weight excluding hydrogens is 611 g/mol. The van der Waals surface area contributed by atoms with Gasteiger partial charge >= 0.3 is 6.18 Å². The normalized spacial score (nSPS) is 36.6. The Morgan fingerprint density at radius 2 is 1.59 bits per heavy atom. The summed E-state index contributed by atoms with van der Waals surface area (Å²) in [4.78, 5) is 13.0. The van der Waals surface area contributed by atoms with Crippen molar-refractivity contribution in [2.45, 2.75) is 103 Å². The van der Waals surface area contributed by atoms with Gasteiger partial charge in [-0.05, 0) is 127 Å². The largest absolute Gasteiger partial charge is 0.416 e. The summed E-state index contributed by atoms with van der Waals surface area (Å²) in [6.45, 7) is 6.92. The van der Waals surface area contributed by atoms with Crippen LogP contribution in [-0.4, -0.2) is 19.4 Å². The van der Waals surface area contributed by atoms with Gasteiger partial charge in [-0.15, -0.1) is 0 Å². The molecule has 46 heavy (non-hydrogen) atoms. The highest BCUT2D eigenvalue weighted by Crippen LogP contribution is 2.69. The number of sulfonamides is 1. The summed E-state index contributed by atoms with van der Waals surface area (Å²) in [5.41, 5.74) is -0.381. The number of rotatable bonds is 7. The van der Waals surface area contributed by atoms with Crippen molar-refractivity contribution in [2.24, 2.45) is 46.3 Å². The zero-order chi connectivity index (χ0) is 33.1. The Morgan fingerprint density at radius 1 is 0.913 bits per heavy atom. The van der Waals surface area contributed by atoms with Crippen LogP contribution in [0.3, 0.4) is 0 Å². The number of carbonyl (C=O) groups excluding carboxylic acids is 1. The van der Waals surface area contributed by atoms with Crippen molar-refractivity contribution >= 4 is 15.9 Å². The molecule has 252 valence electrons. The van der Waals surface area contributed by atoms with Gasteiger partial charge in [-0.1, -0.05) is 63.2 Å². The summed E-state index contributed by atoms with van der Waals surface area (Å²) in [6.07, 6.45) is 4.24. The van der Waals surface area contributed by atoms with Gasteiger partial charge < -0.3 is 5.11 Å².